The Bertz CT molecular complexity index is 302. The number of carboxylic acid groups (broad SMARTS) is 2. The Labute approximate surface area is 123 Å². The monoisotopic (exact) mass is 251 g/mol. The summed E-state index contributed by atoms with van der Waals surface area (Å²) in [5.41, 5.74) is -0.380. The van der Waals surface area contributed by atoms with Crippen LogP contribution in [0.15, 0.2) is 24.3 Å². The van der Waals surface area contributed by atoms with Crippen molar-refractivity contribution in [1.29, 1.82) is 0 Å². The molecule has 0 heterocycles. The largest absolute Gasteiger partial charge is 0.478 e. The maximum absolute atomic E-state index is 10.5. The van der Waals surface area contributed by atoms with Crippen molar-refractivity contribution in [3.05, 3.63) is 35.4 Å². The van der Waals surface area contributed by atoms with Gasteiger partial charge in [0.25, 0.3) is 0 Å². The van der Waals surface area contributed by atoms with E-state index in [0.29, 0.717) is 0 Å². The molecule has 0 spiro atoms. The smallest absolute Gasteiger partial charge is 0.336 e. The van der Waals surface area contributed by atoms with Gasteiger partial charge in [0.1, 0.15) is 0 Å². The first-order valence-electron chi connectivity index (χ1n) is 3.18. The molecule has 0 bridgehead atoms. The minimum absolute atomic E-state index is 0. The van der Waals surface area contributed by atoms with Gasteiger partial charge < -0.3 is 10.2 Å². The van der Waals surface area contributed by atoms with Gasteiger partial charge in [0, 0.05) is 58.2 Å². The van der Waals surface area contributed by atoms with Crippen molar-refractivity contribution in [2.45, 2.75) is 0 Å². The normalized spacial score (nSPS) is 8.62. The van der Waals surface area contributed by atoms with Crippen molar-refractivity contribution in [3.8, 4) is 0 Å². The van der Waals surface area contributed by atoms with Crippen LogP contribution < -0.4 is 0 Å². The van der Waals surface area contributed by atoms with Crippen LogP contribution in [0.4, 0.5) is 0 Å². The van der Waals surface area contributed by atoms with Crippen LogP contribution in [0.25, 0.3) is 0 Å². The van der Waals surface area contributed by atoms with E-state index in [2.05, 4.69) is 0 Å². The number of hydrogen-bond acceptors (Lipinski definition) is 2. The van der Waals surface area contributed by atoms with Crippen LogP contribution in [0.5, 0.6) is 0 Å². The Hall–Kier alpha value is -0.0348. The average molecular weight is 252 g/mol. The SMILES string of the molecule is O=C(O)c1ccccc1C(=O)O.[Rb]. The van der Waals surface area contributed by atoms with E-state index < -0.39 is 11.9 Å². The Morgan fingerprint density at radius 2 is 1.23 bits per heavy atom. The maximum atomic E-state index is 10.5. The molecule has 1 aromatic rings. The molecule has 0 unspecified atom stereocenters. The molecule has 1 radical (unpaired) electrons. The van der Waals surface area contributed by atoms with Crippen LogP contribution >= 0.6 is 0 Å². The van der Waals surface area contributed by atoms with Crippen molar-refractivity contribution in [3.63, 3.8) is 0 Å². The van der Waals surface area contributed by atoms with Gasteiger partial charge in [-0.15, -0.1) is 0 Å². The molecular formula is C8H6O4Rb. The zero-order chi connectivity index (χ0) is 9.14. The third kappa shape index (κ3) is 3.30. The van der Waals surface area contributed by atoms with E-state index in [9.17, 15) is 9.59 Å². The first-order chi connectivity index (χ1) is 5.63. The minimum atomic E-state index is -1.23. The number of carboxylic acids is 2. The second kappa shape index (κ2) is 5.64. The molecule has 63 valence electrons. The van der Waals surface area contributed by atoms with E-state index in [1.54, 1.807) is 0 Å². The second-order valence-corrected chi connectivity index (χ2v) is 2.16. The molecule has 1 aromatic carbocycles. The van der Waals surface area contributed by atoms with Crippen molar-refractivity contribution in [1.82, 2.24) is 0 Å². The van der Waals surface area contributed by atoms with Crippen LogP contribution in [-0.2, 0) is 0 Å². The molecule has 0 aromatic heterocycles. The summed E-state index contributed by atoms with van der Waals surface area (Å²) in [4.78, 5) is 20.9. The Morgan fingerprint density at radius 3 is 1.46 bits per heavy atom. The van der Waals surface area contributed by atoms with Crippen LogP contribution in [0.3, 0.4) is 0 Å². The maximum Gasteiger partial charge on any atom is 0.336 e. The van der Waals surface area contributed by atoms with E-state index in [1.165, 1.54) is 24.3 Å². The number of carbonyl (C=O) groups is 2. The number of rotatable bonds is 2. The minimum Gasteiger partial charge on any atom is -0.478 e. The molecule has 0 fully saturated rings. The second-order valence-electron chi connectivity index (χ2n) is 2.16. The Balaban J connectivity index is 0.00000144. The quantitative estimate of drug-likeness (QED) is 0.812. The fourth-order valence-electron chi connectivity index (χ4n) is 0.856. The van der Waals surface area contributed by atoms with Crippen molar-refractivity contribution in [2.24, 2.45) is 0 Å². The summed E-state index contributed by atoms with van der Waals surface area (Å²) in [5.74, 6) is -2.46. The van der Waals surface area contributed by atoms with Crippen LogP contribution in [0, 0.1) is 0 Å². The van der Waals surface area contributed by atoms with Gasteiger partial charge in [-0.05, 0) is 12.1 Å². The summed E-state index contributed by atoms with van der Waals surface area (Å²) in [7, 11) is 0. The van der Waals surface area contributed by atoms with Gasteiger partial charge in [0.05, 0.1) is 11.1 Å². The molecule has 0 saturated carbocycles. The molecule has 0 atom stereocenters. The third-order valence-corrected chi connectivity index (χ3v) is 1.39. The fraction of sp³-hybridized carbons (Fsp3) is 0. The van der Waals surface area contributed by atoms with E-state index in [1.807, 2.05) is 0 Å². The molecule has 1 rings (SSSR count). The van der Waals surface area contributed by atoms with E-state index in [-0.39, 0.29) is 69.3 Å². The van der Waals surface area contributed by atoms with E-state index >= 15 is 0 Å². The van der Waals surface area contributed by atoms with Gasteiger partial charge in [0.15, 0.2) is 0 Å². The van der Waals surface area contributed by atoms with E-state index in [0.717, 1.165) is 0 Å². The molecule has 5 heteroatoms. The van der Waals surface area contributed by atoms with Gasteiger partial charge in [-0.25, -0.2) is 9.59 Å². The topological polar surface area (TPSA) is 74.6 Å². The van der Waals surface area contributed by atoms with Gasteiger partial charge in [-0.1, -0.05) is 12.1 Å². The van der Waals surface area contributed by atoms with Gasteiger partial charge in [-0.3, -0.25) is 0 Å². The predicted octanol–water partition coefficient (Wildman–Crippen LogP) is 0.702. The first kappa shape index (κ1) is 13.0. The molecule has 2 N–H and O–H groups in total. The molecule has 0 aliphatic carbocycles. The number of hydrogen-bond donors (Lipinski definition) is 2. The molecule has 0 saturated heterocycles. The van der Waals surface area contributed by atoms with Crippen molar-refractivity contribution < 1.29 is 19.8 Å². The number of aromatic carboxylic acids is 2. The molecule has 13 heavy (non-hydrogen) atoms. The van der Waals surface area contributed by atoms with Gasteiger partial charge in [-0.2, -0.15) is 0 Å². The average Bonchev–Trinajstić information content (AvgIpc) is 2.04. The summed E-state index contributed by atoms with van der Waals surface area (Å²) < 4.78 is 0. The summed E-state index contributed by atoms with van der Waals surface area (Å²) in [6.45, 7) is 0. The van der Waals surface area contributed by atoms with E-state index in [4.69, 9.17) is 10.2 Å². The Kier molecular flexibility index (Phi) is 5.63. The zero-order valence-electron chi connectivity index (χ0n) is 7.02. The molecule has 0 aliphatic heterocycles. The van der Waals surface area contributed by atoms with Crippen molar-refractivity contribution >= 4 is 70.1 Å². The molecule has 0 amide bonds. The van der Waals surface area contributed by atoms with Crippen LogP contribution in [0.2, 0.25) is 0 Å². The predicted molar refractivity (Wildman–Crippen MR) is 46.1 cm³/mol. The summed E-state index contributed by atoms with van der Waals surface area (Å²) in [6, 6.07) is 5.48. The Morgan fingerprint density at radius 1 is 0.923 bits per heavy atom. The molecule has 4 nitrogen and oxygen atoms in total. The van der Waals surface area contributed by atoms with Gasteiger partial charge >= 0.3 is 11.9 Å². The fourth-order valence-corrected chi connectivity index (χ4v) is 0.856. The summed E-state index contributed by atoms with van der Waals surface area (Å²) >= 11 is 0. The van der Waals surface area contributed by atoms with Crippen LogP contribution in [-0.4, -0.2) is 80.3 Å². The van der Waals surface area contributed by atoms with Crippen LogP contribution in [0.1, 0.15) is 20.7 Å². The van der Waals surface area contributed by atoms with Crippen molar-refractivity contribution in [2.75, 3.05) is 0 Å². The third-order valence-electron chi connectivity index (χ3n) is 1.39. The summed E-state index contributed by atoms with van der Waals surface area (Å²) in [6.07, 6.45) is 0. The number of benzene rings is 1. The van der Waals surface area contributed by atoms with Gasteiger partial charge in [0.2, 0.25) is 0 Å². The zero-order valence-corrected chi connectivity index (χ0v) is 11.9. The summed E-state index contributed by atoms with van der Waals surface area (Å²) in [5, 5.41) is 17.1. The standard InChI is InChI=1S/C8H6O4.Rb/c9-7(10)5-3-1-2-4-6(5)8(11)12;/h1-4H,(H,9,10)(H,11,12);. The molecular weight excluding hydrogens is 246 g/mol. The first-order valence-corrected chi connectivity index (χ1v) is 3.18. The molecule has 0 aliphatic rings.